The zero-order valence-corrected chi connectivity index (χ0v) is 14.6. The van der Waals surface area contributed by atoms with Crippen molar-refractivity contribution < 1.29 is 14.4 Å². The van der Waals surface area contributed by atoms with E-state index in [4.69, 9.17) is 0 Å². The van der Waals surface area contributed by atoms with Crippen LogP contribution in [0.5, 0.6) is 0 Å². The fraction of sp³-hybridized carbons (Fsp3) is 0.474. The van der Waals surface area contributed by atoms with Gasteiger partial charge in [0.15, 0.2) is 0 Å². The minimum absolute atomic E-state index is 0.00156. The predicted molar refractivity (Wildman–Crippen MR) is 95.2 cm³/mol. The van der Waals surface area contributed by atoms with Crippen molar-refractivity contribution in [3.05, 3.63) is 30.1 Å². The second kappa shape index (κ2) is 6.90. The molecular weight excluding hydrogens is 332 g/mol. The summed E-state index contributed by atoms with van der Waals surface area (Å²) in [5, 5.41) is 0. The molecule has 7 nitrogen and oxygen atoms in total. The number of H-pyrrole nitrogens is 1. The van der Waals surface area contributed by atoms with Gasteiger partial charge in [0.05, 0.1) is 11.0 Å². The summed E-state index contributed by atoms with van der Waals surface area (Å²) in [6.45, 7) is 1.54. The zero-order valence-electron chi connectivity index (χ0n) is 14.6. The maximum atomic E-state index is 12.6. The summed E-state index contributed by atoms with van der Waals surface area (Å²) in [4.78, 5) is 47.0. The Morgan fingerprint density at radius 3 is 2.73 bits per heavy atom. The van der Waals surface area contributed by atoms with Crippen molar-refractivity contribution in [2.24, 2.45) is 0 Å². The largest absolute Gasteiger partial charge is 0.342 e. The molecule has 2 fully saturated rings. The highest BCUT2D eigenvalue weighted by molar-refractivity contribution is 6.02. The van der Waals surface area contributed by atoms with Crippen LogP contribution >= 0.6 is 0 Å². The third-order valence-electron chi connectivity index (χ3n) is 5.27. The molecule has 0 spiro atoms. The van der Waals surface area contributed by atoms with Crippen molar-refractivity contribution in [1.82, 2.24) is 19.8 Å². The third-order valence-corrected chi connectivity index (χ3v) is 5.27. The maximum Gasteiger partial charge on any atom is 0.229 e. The monoisotopic (exact) mass is 354 g/mol. The summed E-state index contributed by atoms with van der Waals surface area (Å²) in [7, 11) is 0. The number of carbonyl (C=O) groups is 3. The summed E-state index contributed by atoms with van der Waals surface area (Å²) in [5.74, 6) is 0.783. The molecule has 0 saturated carbocycles. The van der Waals surface area contributed by atoms with Gasteiger partial charge < -0.3 is 9.88 Å². The number of nitrogens with one attached hydrogen (secondary N) is 1. The molecule has 1 aromatic heterocycles. The van der Waals surface area contributed by atoms with Gasteiger partial charge in [-0.1, -0.05) is 12.1 Å². The van der Waals surface area contributed by atoms with Gasteiger partial charge in [-0.3, -0.25) is 19.3 Å². The van der Waals surface area contributed by atoms with E-state index in [0.29, 0.717) is 6.54 Å². The molecule has 1 N–H and O–H groups in total. The van der Waals surface area contributed by atoms with Crippen LogP contribution in [-0.2, 0) is 14.4 Å². The highest BCUT2D eigenvalue weighted by atomic mass is 16.2. The fourth-order valence-corrected chi connectivity index (χ4v) is 3.83. The number of carbonyl (C=O) groups excluding carboxylic acids is 3. The van der Waals surface area contributed by atoms with Gasteiger partial charge in [-0.2, -0.15) is 0 Å². The van der Waals surface area contributed by atoms with E-state index < -0.39 is 0 Å². The van der Waals surface area contributed by atoms with Crippen LogP contribution < -0.4 is 0 Å². The lowest BCUT2D eigenvalue weighted by atomic mass is 9.97. The molecule has 0 radical (unpaired) electrons. The number of aromatic amines is 1. The van der Waals surface area contributed by atoms with Crippen LogP contribution in [0.1, 0.15) is 43.8 Å². The molecular formula is C19H22N4O3. The maximum absolute atomic E-state index is 12.6. The number of benzene rings is 1. The van der Waals surface area contributed by atoms with Crippen molar-refractivity contribution in [2.75, 3.05) is 19.6 Å². The van der Waals surface area contributed by atoms with Crippen molar-refractivity contribution in [3.63, 3.8) is 0 Å². The van der Waals surface area contributed by atoms with E-state index in [9.17, 15) is 14.4 Å². The van der Waals surface area contributed by atoms with Gasteiger partial charge in [0, 0.05) is 44.8 Å². The van der Waals surface area contributed by atoms with E-state index >= 15 is 0 Å². The number of amides is 3. The van der Waals surface area contributed by atoms with Crippen LogP contribution in [0.25, 0.3) is 11.0 Å². The summed E-state index contributed by atoms with van der Waals surface area (Å²) >= 11 is 0. The Morgan fingerprint density at radius 1 is 1.19 bits per heavy atom. The molecule has 4 rings (SSSR count). The first-order valence-electron chi connectivity index (χ1n) is 9.17. The number of likely N-dealkylation sites (tertiary alicyclic amines) is 2. The molecule has 0 bridgehead atoms. The zero-order chi connectivity index (χ0) is 18.1. The van der Waals surface area contributed by atoms with Crippen LogP contribution in [0.15, 0.2) is 24.3 Å². The lowest BCUT2D eigenvalue weighted by Crippen LogP contribution is -2.41. The van der Waals surface area contributed by atoms with Gasteiger partial charge >= 0.3 is 0 Å². The lowest BCUT2D eigenvalue weighted by Gasteiger charge is -2.32. The molecule has 0 aliphatic carbocycles. The molecule has 2 aromatic rings. The molecule has 7 heteroatoms. The van der Waals surface area contributed by atoms with E-state index in [0.717, 1.165) is 36.2 Å². The number of imidazole rings is 1. The van der Waals surface area contributed by atoms with Gasteiger partial charge in [0.2, 0.25) is 17.7 Å². The minimum Gasteiger partial charge on any atom is -0.342 e. The number of nitrogens with zero attached hydrogens (tertiary/aromatic N) is 3. The lowest BCUT2D eigenvalue weighted by molar-refractivity contribution is -0.139. The number of rotatable bonds is 4. The average Bonchev–Trinajstić information content (AvgIpc) is 3.23. The molecule has 2 saturated heterocycles. The smallest absolute Gasteiger partial charge is 0.229 e. The van der Waals surface area contributed by atoms with Crippen LogP contribution in [-0.4, -0.2) is 57.1 Å². The Labute approximate surface area is 151 Å². The van der Waals surface area contributed by atoms with Crippen LogP contribution in [0.4, 0.5) is 0 Å². The summed E-state index contributed by atoms with van der Waals surface area (Å²) in [6, 6.07) is 7.92. The minimum atomic E-state index is -0.165. The standard InChI is InChI=1S/C19H22N4O3/c24-16(9-11-23-17(25)7-8-18(23)26)22-10-3-4-13(12-22)19-20-14-5-1-2-6-15(14)21-19/h1-2,5-6,13H,3-4,7-12H2,(H,20,21). The first-order chi connectivity index (χ1) is 12.6. The molecule has 2 aliphatic heterocycles. The fourth-order valence-electron chi connectivity index (χ4n) is 3.83. The number of aromatic nitrogens is 2. The van der Waals surface area contributed by atoms with E-state index in [2.05, 4.69) is 9.97 Å². The highest BCUT2D eigenvalue weighted by Gasteiger charge is 2.31. The first kappa shape index (κ1) is 16.8. The molecule has 2 aliphatic rings. The number of piperidine rings is 1. The Hall–Kier alpha value is -2.70. The molecule has 1 atom stereocenters. The summed E-state index contributed by atoms with van der Waals surface area (Å²) < 4.78 is 0. The van der Waals surface area contributed by atoms with Gasteiger partial charge in [0.1, 0.15) is 5.82 Å². The molecule has 26 heavy (non-hydrogen) atoms. The van der Waals surface area contributed by atoms with Crippen molar-refractivity contribution >= 4 is 28.8 Å². The summed E-state index contributed by atoms with van der Waals surface area (Å²) in [6.07, 6.45) is 2.65. The Balaban J connectivity index is 1.39. The second-order valence-corrected chi connectivity index (χ2v) is 7.01. The normalized spacial score (nSPS) is 21.0. The van der Waals surface area contributed by atoms with Crippen LogP contribution in [0, 0.1) is 0 Å². The number of hydrogen-bond donors (Lipinski definition) is 1. The van der Waals surface area contributed by atoms with E-state index in [1.807, 2.05) is 29.2 Å². The van der Waals surface area contributed by atoms with Crippen LogP contribution in [0.2, 0.25) is 0 Å². The molecule has 3 heterocycles. The molecule has 1 aromatic carbocycles. The van der Waals surface area contributed by atoms with E-state index in [-0.39, 0.29) is 49.4 Å². The van der Waals surface area contributed by atoms with Crippen molar-refractivity contribution in [3.8, 4) is 0 Å². The average molecular weight is 354 g/mol. The predicted octanol–water partition coefficient (Wildman–Crippen LogP) is 1.81. The van der Waals surface area contributed by atoms with Crippen LogP contribution in [0.3, 0.4) is 0 Å². The van der Waals surface area contributed by atoms with Crippen molar-refractivity contribution in [1.29, 1.82) is 0 Å². The third kappa shape index (κ3) is 3.21. The van der Waals surface area contributed by atoms with Gasteiger partial charge in [-0.15, -0.1) is 0 Å². The Morgan fingerprint density at radius 2 is 1.96 bits per heavy atom. The number of hydrogen-bond acceptors (Lipinski definition) is 4. The molecule has 136 valence electrons. The summed E-state index contributed by atoms with van der Waals surface area (Å²) in [5.41, 5.74) is 1.95. The molecule has 1 unspecified atom stereocenters. The first-order valence-corrected chi connectivity index (χ1v) is 9.17. The van der Waals surface area contributed by atoms with Gasteiger partial charge in [0.25, 0.3) is 0 Å². The Bertz CT molecular complexity index is 810. The van der Waals surface area contributed by atoms with E-state index in [1.165, 1.54) is 4.90 Å². The number of para-hydroxylation sites is 2. The Kier molecular flexibility index (Phi) is 4.44. The topological polar surface area (TPSA) is 86.4 Å². The number of fused-ring (bicyclic) bond motifs is 1. The van der Waals surface area contributed by atoms with Crippen molar-refractivity contribution in [2.45, 2.75) is 38.0 Å². The SMILES string of the molecule is O=C(CCN1C(=O)CCC1=O)N1CCCC(c2nc3ccccc3[nH]2)C1. The molecule has 3 amide bonds. The van der Waals surface area contributed by atoms with Gasteiger partial charge in [-0.05, 0) is 25.0 Å². The highest BCUT2D eigenvalue weighted by Crippen LogP contribution is 2.27. The second-order valence-electron chi connectivity index (χ2n) is 7.01. The number of imide groups is 1. The van der Waals surface area contributed by atoms with Gasteiger partial charge in [-0.25, -0.2) is 4.98 Å². The quantitative estimate of drug-likeness (QED) is 0.849. The van der Waals surface area contributed by atoms with E-state index in [1.54, 1.807) is 0 Å².